The molecule has 0 amide bonds. The van der Waals surface area contributed by atoms with Crippen LogP contribution in [0.2, 0.25) is 0 Å². The fourth-order valence-corrected chi connectivity index (χ4v) is 2.89. The summed E-state index contributed by atoms with van der Waals surface area (Å²) in [5.74, 6) is 0.335. The van der Waals surface area contributed by atoms with E-state index >= 15 is 0 Å². The lowest BCUT2D eigenvalue weighted by atomic mass is 10.1. The van der Waals surface area contributed by atoms with Gasteiger partial charge in [-0.05, 0) is 44.0 Å². The topological polar surface area (TPSA) is 75.1 Å². The number of hydrogen-bond donors (Lipinski definition) is 3. The molecule has 0 aromatic heterocycles. The van der Waals surface area contributed by atoms with E-state index in [9.17, 15) is 9.50 Å². The Hall–Kier alpha value is -2.64. The number of hydrogen-bond acceptors (Lipinski definition) is 4. The van der Waals surface area contributed by atoms with Crippen molar-refractivity contribution >= 4 is 5.96 Å². The molecular formula is C23H32FN3O3. The molecule has 2 aromatic rings. The van der Waals surface area contributed by atoms with E-state index in [4.69, 9.17) is 9.47 Å². The molecular weight excluding hydrogens is 385 g/mol. The van der Waals surface area contributed by atoms with Crippen LogP contribution in [0.3, 0.4) is 0 Å². The van der Waals surface area contributed by atoms with Crippen molar-refractivity contribution in [2.24, 2.45) is 4.99 Å². The van der Waals surface area contributed by atoms with Crippen LogP contribution in [-0.4, -0.2) is 44.0 Å². The molecule has 2 rings (SSSR count). The minimum absolute atomic E-state index is 0.110. The summed E-state index contributed by atoms with van der Waals surface area (Å²) in [5, 5.41) is 16.6. The average molecular weight is 418 g/mol. The van der Waals surface area contributed by atoms with Crippen molar-refractivity contribution in [2.45, 2.75) is 39.0 Å². The van der Waals surface area contributed by atoms with Gasteiger partial charge in [0.05, 0.1) is 38.5 Å². The number of benzene rings is 2. The van der Waals surface area contributed by atoms with E-state index < -0.39 is 11.9 Å². The number of halogens is 1. The van der Waals surface area contributed by atoms with Crippen molar-refractivity contribution in [3.63, 3.8) is 0 Å². The summed E-state index contributed by atoms with van der Waals surface area (Å²) in [6.07, 6.45) is -0.846. The second-order valence-electron chi connectivity index (χ2n) is 7.02. The summed E-state index contributed by atoms with van der Waals surface area (Å²) in [5.41, 5.74) is 1.82. The molecule has 3 N–H and O–H groups in total. The van der Waals surface area contributed by atoms with Crippen molar-refractivity contribution in [1.82, 2.24) is 10.6 Å². The Morgan fingerprint density at radius 2 is 1.87 bits per heavy atom. The SMILES string of the molecule is CCNC(=NCC(O)COC(C)c1ccccc1)NC(C)c1ccc(OC)c(F)c1. The third-order valence-corrected chi connectivity index (χ3v) is 4.64. The third-order valence-electron chi connectivity index (χ3n) is 4.64. The van der Waals surface area contributed by atoms with E-state index in [0.717, 1.165) is 11.1 Å². The van der Waals surface area contributed by atoms with Crippen LogP contribution in [0.4, 0.5) is 4.39 Å². The molecule has 7 heteroatoms. The highest BCUT2D eigenvalue weighted by Gasteiger charge is 2.13. The van der Waals surface area contributed by atoms with Crippen LogP contribution >= 0.6 is 0 Å². The van der Waals surface area contributed by atoms with Crippen LogP contribution in [0.15, 0.2) is 53.5 Å². The lowest BCUT2D eigenvalue weighted by molar-refractivity contribution is 0.00111. The highest BCUT2D eigenvalue weighted by atomic mass is 19.1. The fourth-order valence-electron chi connectivity index (χ4n) is 2.89. The normalized spacial score (nSPS) is 14.7. The predicted molar refractivity (Wildman–Crippen MR) is 117 cm³/mol. The number of nitrogens with zero attached hydrogens (tertiary/aromatic N) is 1. The van der Waals surface area contributed by atoms with Gasteiger partial charge >= 0.3 is 0 Å². The minimum atomic E-state index is -0.736. The number of aliphatic hydroxyl groups excluding tert-OH is 1. The van der Waals surface area contributed by atoms with Gasteiger partial charge in [-0.2, -0.15) is 0 Å². The van der Waals surface area contributed by atoms with Crippen LogP contribution in [0.25, 0.3) is 0 Å². The number of methoxy groups -OCH3 is 1. The molecule has 2 aromatic carbocycles. The largest absolute Gasteiger partial charge is 0.494 e. The van der Waals surface area contributed by atoms with Gasteiger partial charge in [0.2, 0.25) is 0 Å². The Kier molecular flexibility index (Phi) is 9.57. The Morgan fingerprint density at radius 1 is 1.13 bits per heavy atom. The fraction of sp³-hybridized carbons (Fsp3) is 0.435. The maximum Gasteiger partial charge on any atom is 0.191 e. The van der Waals surface area contributed by atoms with Crippen molar-refractivity contribution in [3.8, 4) is 5.75 Å². The van der Waals surface area contributed by atoms with E-state index in [2.05, 4.69) is 15.6 Å². The minimum Gasteiger partial charge on any atom is -0.494 e. The molecule has 3 unspecified atom stereocenters. The second kappa shape index (κ2) is 12.1. The van der Waals surface area contributed by atoms with Crippen molar-refractivity contribution in [2.75, 3.05) is 26.8 Å². The molecule has 30 heavy (non-hydrogen) atoms. The molecule has 6 nitrogen and oxygen atoms in total. The number of rotatable bonds is 10. The maximum atomic E-state index is 14.0. The lowest BCUT2D eigenvalue weighted by Gasteiger charge is -2.20. The molecule has 0 aliphatic carbocycles. The van der Waals surface area contributed by atoms with Crippen LogP contribution in [0.1, 0.15) is 44.0 Å². The Morgan fingerprint density at radius 3 is 2.50 bits per heavy atom. The van der Waals surface area contributed by atoms with Gasteiger partial charge in [0.15, 0.2) is 17.5 Å². The smallest absolute Gasteiger partial charge is 0.191 e. The molecule has 0 heterocycles. The Balaban J connectivity index is 1.90. The van der Waals surface area contributed by atoms with E-state index in [1.165, 1.54) is 13.2 Å². The lowest BCUT2D eigenvalue weighted by Crippen LogP contribution is -2.39. The molecule has 0 saturated carbocycles. The highest BCUT2D eigenvalue weighted by Crippen LogP contribution is 2.21. The number of nitrogens with one attached hydrogen (secondary N) is 2. The van der Waals surface area contributed by atoms with Crippen molar-refractivity contribution < 1.29 is 19.0 Å². The van der Waals surface area contributed by atoms with Crippen molar-refractivity contribution in [1.29, 1.82) is 0 Å². The number of aliphatic imine (C=N–C) groups is 1. The Bertz CT molecular complexity index is 802. The van der Waals surface area contributed by atoms with Gasteiger partial charge in [0.1, 0.15) is 0 Å². The summed E-state index contributed by atoms with van der Waals surface area (Å²) in [7, 11) is 1.44. The molecule has 0 aliphatic heterocycles. The predicted octanol–water partition coefficient (Wildman–Crippen LogP) is 3.59. The first-order valence-corrected chi connectivity index (χ1v) is 10.2. The van der Waals surface area contributed by atoms with Gasteiger partial charge in [0, 0.05) is 6.54 Å². The molecule has 0 aliphatic rings. The van der Waals surface area contributed by atoms with Gasteiger partial charge < -0.3 is 25.2 Å². The number of guanidine groups is 1. The van der Waals surface area contributed by atoms with Gasteiger partial charge in [-0.15, -0.1) is 0 Å². The molecule has 0 radical (unpaired) electrons. The molecule has 164 valence electrons. The third kappa shape index (κ3) is 7.31. The highest BCUT2D eigenvalue weighted by molar-refractivity contribution is 5.80. The van der Waals surface area contributed by atoms with Crippen LogP contribution in [0, 0.1) is 5.82 Å². The summed E-state index contributed by atoms with van der Waals surface area (Å²) in [6, 6.07) is 14.5. The summed E-state index contributed by atoms with van der Waals surface area (Å²) in [6.45, 7) is 6.84. The zero-order chi connectivity index (χ0) is 21.9. The van der Waals surface area contributed by atoms with E-state index in [1.54, 1.807) is 12.1 Å². The zero-order valence-electron chi connectivity index (χ0n) is 18.1. The quantitative estimate of drug-likeness (QED) is 0.407. The second-order valence-corrected chi connectivity index (χ2v) is 7.02. The Labute approximate surface area is 178 Å². The summed E-state index contributed by atoms with van der Waals surface area (Å²) >= 11 is 0. The molecule has 3 atom stereocenters. The summed E-state index contributed by atoms with van der Waals surface area (Å²) in [4.78, 5) is 4.43. The zero-order valence-corrected chi connectivity index (χ0v) is 18.1. The van der Waals surface area contributed by atoms with Crippen LogP contribution in [-0.2, 0) is 4.74 Å². The standard InChI is InChI=1S/C23H32FN3O3/c1-5-25-23(27-16(2)19-11-12-22(29-4)21(24)13-19)26-14-20(28)15-30-17(3)18-9-7-6-8-10-18/h6-13,16-17,20,28H,5,14-15H2,1-4H3,(H2,25,26,27). The average Bonchev–Trinajstić information content (AvgIpc) is 2.76. The molecule has 0 spiro atoms. The van der Waals surface area contributed by atoms with Crippen molar-refractivity contribution in [3.05, 3.63) is 65.5 Å². The maximum absolute atomic E-state index is 14.0. The van der Waals surface area contributed by atoms with E-state index in [1.807, 2.05) is 51.1 Å². The summed E-state index contributed by atoms with van der Waals surface area (Å²) < 4.78 is 24.7. The van der Waals surface area contributed by atoms with Gasteiger partial charge in [-0.1, -0.05) is 36.4 Å². The van der Waals surface area contributed by atoms with Gasteiger partial charge in [0.25, 0.3) is 0 Å². The molecule has 0 bridgehead atoms. The van der Waals surface area contributed by atoms with Crippen LogP contribution in [0.5, 0.6) is 5.75 Å². The first-order chi connectivity index (χ1) is 14.4. The van der Waals surface area contributed by atoms with Gasteiger partial charge in [-0.3, -0.25) is 4.99 Å². The van der Waals surface area contributed by atoms with Gasteiger partial charge in [-0.25, -0.2) is 4.39 Å². The molecule has 0 fully saturated rings. The number of ether oxygens (including phenoxy) is 2. The van der Waals surface area contributed by atoms with Crippen LogP contribution < -0.4 is 15.4 Å². The first-order valence-electron chi connectivity index (χ1n) is 10.2. The van der Waals surface area contributed by atoms with E-state index in [0.29, 0.717) is 12.5 Å². The van der Waals surface area contributed by atoms with E-state index in [-0.39, 0.29) is 31.0 Å². The monoisotopic (exact) mass is 417 g/mol. The molecule has 0 saturated heterocycles. The first kappa shape index (κ1) is 23.6. The number of aliphatic hydroxyl groups is 1.